The van der Waals surface area contributed by atoms with E-state index in [1.165, 1.54) is 23.1 Å². The van der Waals surface area contributed by atoms with Crippen LogP contribution in [-0.2, 0) is 4.79 Å². The number of hydrogen-bond donors (Lipinski definition) is 1. The van der Waals surface area contributed by atoms with Crippen LogP contribution in [0.1, 0.15) is 23.2 Å². The topological polar surface area (TPSA) is 62.3 Å². The molecule has 7 heteroatoms. The lowest BCUT2D eigenvalue weighted by atomic mass is 10.2. The predicted octanol–water partition coefficient (Wildman–Crippen LogP) is 4.78. The molecule has 1 aromatic heterocycles. The van der Waals surface area contributed by atoms with Gasteiger partial charge in [0, 0.05) is 28.9 Å². The highest BCUT2D eigenvalue weighted by molar-refractivity contribution is 8.00. The third-order valence-corrected chi connectivity index (χ3v) is 6.55. The second-order valence-electron chi connectivity index (χ2n) is 6.73. The molecule has 0 atom stereocenters. The van der Waals surface area contributed by atoms with Crippen LogP contribution in [0.2, 0.25) is 0 Å². The van der Waals surface area contributed by atoms with Crippen molar-refractivity contribution in [1.29, 1.82) is 0 Å². The maximum atomic E-state index is 12.8. The quantitative estimate of drug-likeness (QED) is 0.580. The van der Waals surface area contributed by atoms with E-state index in [1.807, 2.05) is 58.8 Å². The van der Waals surface area contributed by atoms with Gasteiger partial charge in [-0.2, -0.15) is 0 Å². The molecule has 1 saturated heterocycles. The van der Waals surface area contributed by atoms with E-state index in [0.717, 1.165) is 42.1 Å². The third kappa shape index (κ3) is 4.86. The summed E-state index contributed by atoms with van der Waals surface area (Å²) in [6.45, 7) is 1.69. The van der Waals surface area contributed by atoms with Gasteiger partial charge in [0.1, 0.15) is 0 Å². The Balaban J connectivity index is 1.42. The summed E-state index contributed by atoms with van der Waals surface area (Å²) in [5.41, 5.74) is 2.41. The lowest BCUT2D eigenvalue weighted by Crippen LogP contribution is -2.29. The molecule has 5 nitrogen and oxygen atoms in total. The highest BCUT2D eigenvalue weighted by atomic mass is 32.2. The summed E-state index contributed by atoms with van der Waals surface area (Å²) in [6, 6.07) is 17.2. The number of hydrogen-bond acceptors (Lipinski definition) is 5. The zero-order valence-corrected chi connectivity index (χ0v) is 17.5. The molecule has 3 aromatic rings. The van der Waals surface area contributed by atoms with Crippen LogP contribution in [0.15, 0.2) is 64.9 Å². The van der Waals surface area contributed by atoms with Gasteiger partial charge in [-0.05, 0) is 25.0 Å². The van der Waals surface area contributed by atoms with Crippen molar-refractivity contribution in [3.63, 3.8) is 0 Å². The van der Waals surface area contributed by atoms with Crippen LogP contribution in [0.4, 0.5) is 5.13 Å². The molecule has 1 aliphatic heterocycles. The van der Waals surface area contributed by atoms with Crippen molar-refractivity contribution >= 4 is 40.0 Å². The first-order chi connectivity index (χ1) is 14.2. The molecule has 0 bridgehead atoms. The highest BCUT2D eigenvalue weighted by Gasteiger charge is 2.19. The van der Waals surface area contributed by atoms with Crippen molar-refractivity contribution in [2.24, 2.45) is 0 Å². The molecule has 0 spiro atoms. The standard InChI is InChI=1S/C22H21N3O2S2/c26-20(25-12-6-7-13-25)15-28-19-11-5-4-10-17(19)21(27)24-22-23-18(14-29-22)16-8-2-1-3-9-16/h1-5,8-11,14H,6-7,12-13,15H2,(H,23,24,27). The molecule has 0 saturated carbocycles. The van der Waals surface area contributed by atoms with Gasteiger partial charge >= 0.3 is 0 Å². The van der Waals surface area contributed by atoms with Crippen molar-refractivity contribution in [3.05, 3.63) is 65.5 Å². The highest BCUT2D eigenvalue weighted by Crippen LogP contribution is 2.27. The molecule has 1 aliphatic rings. The van der Waals surface area contributed by atoms with Gasteiger partial charge in [0.25, 0.3) is 5.91 Å². The zero-order chi connectivity index (χ0) is 20.1. The molecule has 2 amide bonds. The third-order valence-electron chi connectivity index (χ3n) is 4.74. The number of benzene rings is 2. The molecule has 1 fully saturated rings. The summed E-state index contributed by atoms with van der Waals surface area (Å²) in [7, 11) is 0. The number of nitrogens with one attached hydrogen (secondary N) is 1. The molecule has 0 unspecified atom stereocenters. The van der Waals surface area contributed by atoms with Gasteiger partial charge in [-0.25, -0.2) is 4.98 Å². The van der Waals surface area contributed by atoms with Crippen LogP contribution in [0.3, 0.4) is 0 Å². The first-order valence-corrected chi connectivity index (χ1v) is 11.4. The number of nitrogens with zero attached hydrogens (tertiary/aromatic N) is 2. The Morgan fingerprint density at radius 1 is 1.03 bits per heavy atom. The van der Waals surface area contributed by atoms with E-state index in [0.29, 0.717) is 16.4 Å². The maximum Gasteiger partial charge on any atom is 0.258 e. The Labute approximate surface area is 178 Å². The number of anilines is 1. The summed E-state index contributed by atoms with van der Waals surface area (Å²) in [6.07, 6.45) is 2.16. The number of carbonyl (C=O) groups excluding carboxylic acids is 2. The Bertz CT molecular complexity index is 998. The van der Waals surface area contributed by atoms with Crippen LogP contribution < -0.4 is 5.32 Å². The fraction of sp³-hybridized carbons (Fsp3) is 0.227. The zero-order valence-electron chi connectivity index (χ0n) is 15.8. The number of rotatable bonds is 6. The van der Waals surface area contributed by atoms with Gasteiger partial charge in [0.05, 0.1) is 17.0 Å². The van der Waals surface area contributed by atoms with Crippen molar-refractivity contribution < 1.29 is 9.59 Å². The average molecular weight is 424 g/mol. The lowest BCUT2D eigenvalue weighted by molar-refractivity contribution is -0.127. The van der Waals surface area contributed by atoms with E-state index in [9.17, 15) is 9.59 Å². The number of carbonyl (C=O) groups is 2. The molecular formula is C22H21N3O2S2. The molecular weight excluding hydrogens is 402 g/mol. The molecule has 148 valence electrons. The van der Waals surface area contributed by atoms with E-state index >= 15 is 0 Å². The Kier molecular flexibility index (Phi) is 6.27. The normalized spacial score (nSPS) is 13.4. The molecule has 2 heterocycles. The second-order valence-corrected chi connectivity index (χ2v) is 8.61. The summed E-state index contributed by atoms with van der Waals surface area (Å²) < 4.78 is 0. The summed E-state index contributed by atoms with van der Waals surface area (Å²) in [5.74, 6) is 0.269. The van der Waals surface area contributed by atoms with Crippen LogP contribution in [0.5, 0.6) is 0 Å². The number of likely N-dealkylation sites (tertiary alicyclic amines) is 1. The first kappa shape index (κ1) is 19.7. The minimum absolute atomic E-state index is 0.134. The average Bonchev–Trinajstić information content (AvgIpc) is 3.45. The smallest absolute Gasteiger partial charge is 0.258 e. The minimum atomic E-state index is -0.212. The maximum absolute atomic E-state index is 12.8. The number of thiazole rings is 1. The molecule has 0 aliphatic carbocycles. The van der Waals surface area contributed by atoms with Gasteiger partial charge in [-0.1, -0.05) is 42.5 Å². The van der Waals surface area contributed by atoms with Gasteiger partial charge in [0.2, 0.25) is 5.91 Å². The van der Waals surface area contributed by atoms with E-state index in [-0.39, 0.29) is 11.8 Å². The van der Waals surface area contributed by atoms with Gasteiger partial charge in [-0.15, -0.1) is 23.1 Å². The van der Waals surface area contributed by atoms with Crippen molar-refractivity contribution in [2.75, 3.05) is 24.2 Å². The second kappa shape index (κ2) is 9.24. The van der Waals surface area contributed by atoms with Crippen molar-refractivity contribution in [1.82, 2.24) is 9.88 Å². The summed E-state index contributed by atoms with van der Waals surface area (Å²) in [4.78, 5) is 32.4. The van der Waals surface area contributed by atoms with Crippen LogP contribution >= 0.6 is 23.1 Å². The van der Waals surface area contributed by atoms with E-state index in [4.69, 9.17) is 0 Å². The lowest BCUT2D eigenvalue weighted by Gasteiger charge is -2.15. The summed E-state index contributed by atoms with van der Waals surface area (Å²) in [5, 5.41) is 5.38. The van der Waals surface area contributed by atoms with E-state index < -0.39 is 0 Å². The Hall–Kier alpha value is -2.64. The number of aromatic nitrogens is 1. The largest absolute Gasteiger partial charge is 0.342 e. The van der Waals surface area contributed by atoms with Crippen LogP contribution in [-0.4, -0.2) is 40.5 Å². The Morgan fingerprint density at radius 3 is 2.55 bits per heavy atom. The van der Waals surface area contributed by atoms with Crippen LogP contribution in [0, 0.1) is 0 Å². The van der Waals surface area contributed by atoms with Crippen molar-refractivity contribution in [2.45, 2.75) is 17.7 Å². The molecule has 4 rings (SSSR count). The fourth-order valence-corrected chi connectivity index (χ4v) is 4.88. The Morgan fingerprint density at radius 2 is 1.76 bits per heavy atom. The van der Waals surface area contributed by atoms with Crippen molar-refractivity contribution in [3.8, 4) is 11.3 Å². The predicted molar refractivity (Wildman–Crippen MR) is 118 cm³/mol. The van der Waals surface area contributed by atoms with E-state index in [1.54, 1.807) is 6.07 Å². The summed E-state index contributed by atoms with van der Waals surface area (Å²) >= 11 is 2.81. The van der Waals surface area contributed by atoms with Gasteiger partial charge in [0.15, 0.2) is 5.13 Å². The number of amides is 2. The first-order valence-electron chi connectivity index (χ1n) is 9.52. The number of thioether (sulfide) groups is 1. The molecule has 2 aromatic carbocycles. The van der Waals surface area contributed by atoms with Crippen LogP contribution in [0.25, 0.3) is 11.3 Å². The minimum Gasteiger partial charge on any atom is -0.342 e. The van der Waals surface area contributed by atoms with Gasteiger partial charge < -0.3 is 4.90 Å². The van der Waals surface area contributed by atoms with E-state index in [2.05, 4.69) is 10.3 Å². The molecule has 29 heavy (non-hydrogen) atoms. The monoisotopic (exact) mass is 423 g/mol. The fourth-order valence-electron chi connectivity index (χ4n) is 3.21. The molecule has 1 N–H and O–H groups in total. The SMILES string of the molecule is O=C(Nc1nc(-c2ccccc2)cs1)c1ccccc1SCC(=O)N1CCCC1. The van der Waals surface area contributed by atoms with Gasteiger partial charge in [-0.3, -0.25) is 14.9 Å². The molecule has 0 radical (unpaired) electrons.